The molecule has 7 heteroatoms. The second kappa shape index (κ2) is 5.88. The van der Waals surface area contributed by atoms with Crippen LogP contribution in [0.15, 0.2) is 6.20 Å². The van der Waals surface area contributed by atoms with Crippen molar-refractivity contribution < 1.29 is 4.79 Å². The lowest BCUT2D eigenvalue weighted by molar-refractivity contribution is 0.218. The largest absolute Gasteiger partial charge is 0.368 e. The first-order valence-corrected chi connectivity index (χ1v) is 5.29. The Labute approximate surface area is 100 Å². The number of carbonyl (C=O) groups excluding carboxylic acids is 1. The molecule has 0 saturated heterocycles. The molecule has 7 nitrogen and oxygen atoms in total. The van der Waals surface area contributed by atoms with Gasteiger partial charge in [-0.05, 0) is 6.92 Å². The fraction of sp³-hybridized carbons (Fsp3) is 0.500. The Bertz CT molecular complexity index is 392. The van der Waals surface area contributed by atoms with Gasteiger partial charge in [0.1, 0.15) is 5.82 Å². The molecule has 94 valence electrons. The number of anilines is 2. The van der Waals surface area contributed by atoms with E-state index >= 15 is 0 Å². The van der Waals surface area contributed by atoms with Gasteiger partial charge in [-0.25, -0.2) is 9.78 Å². The van der Waals surface area contributed by atoms with Gasteiger partial charge in [0, 0.05) is 38.9 Å². The summed E-state index contributed by atoms with van der Waals surface area (Å²) in [5.41, 5.74) is 6.40. The molecule has 0 aliphatic rings. The average molecular weight is 238 g/mol. The Morgan fingerprint density at radius 1 is 1.47 bits per heavy atom. The first kappa shape index (κ1) is 13.0. The molecule has 0 spiro atoms. The summed E-state index contributed by atoms with van der Waals surface area (Å²) in [6.07, 6.45) is 1.66. The summed E-state index contributed by atoms with van der Waals surface area (Å²) in [6.45, 7) is 2.98. The molecule has 0 fully saturated rings. The molecule has 0 aromatic carbocycles. The van der Waals surface area contributed by atoms with Crippen molar-refractivity contribution in [3.63, 3.8) is 0 Å². The minimum absolute atomic E-state index is 0.120. The van der Waals surface area contributed by atoms with E-state index in [9.17, 15) is 4.79 Å². The van der Waals surface area contributed by atoms with E-state index in [1.54, 1.807) is 20.3 Å². The number of urea groups is 1. The Morgan fingerprint density at radius 3 is 2.82 bits per heavy atom. The van der Waals surface area contributed by atoms with Crippen LogP contribution in [0.5, 0.6) is 0 Å². The van der Waals surface area contributed by atoms with Crippen molar-refractivity contribution in [2.75, 3.05) is 38.2 Å². The van der Waals surface area contributed by atoms with Gasteiger partial charge in [-0.2, -0.15) is 4.98 Å². The summed E-state index contributed by atoms with van der Waals surface area (Å²) in [5.74, 6) is 0.923. The third-order valence-corrected chi connectivity index (χ3v) is 2.09. The second-order valence-corrected chi connectivity index (χ2v) is 3.81. The van der Waals surface area contributed by atoms with Gasteiger partial charge in [-0.15, -0.1) is 0 Å². The molecular weight excluding hydrogens is 220 g/mol. The van der Waals surface area contributed by atoms with E-state index < -0.39 is 0 Å². The van der Waals surface area contributed by atoms with Crippen molar-refractivity contribution in [1.82, 2.24) is 20.2 Å². The van der Waals surface area contributed by atoms with Gasteiger partial charge in [0.25, 0.3) is 0 Å². The van der Waals surface area contributed by atoms with Crippen molar-refractivity contribution in [3.05, 3.63) is 11.8 Å². The predicted molar refractivity (Wildman–Crippen MR) is 66.8 cm³/mol. The minimum atomic E-state index is -0.120. The highest BCUT2D eigenvalue weighted by Crippen LogP contribution is 2.09. The van der Waals surface area contributed by atoms with E-state index in [0.29, 0.717) is 18.9 Å². The van der Waals surface area contributed by atoms with Crippen LogP contribution in [0.25, 0.3) is 0 Å². The normalized spacial score (nSPS) is 9.82. The van der Waals surface area contributed by atoms with Gasteiger partial charge >= 0.3 is 6.03 Å². The Hall–Kier alpha value is -2.05. The Kier molecular flexibility index (Phi) is 4.50. The summed E-state index contributed by atoms with van der Waals surface area (Å²) in [5, 5.41) is 5.82. The second-order valence-electron chi connectivity index (χ2n) is 3.81. The van der Waals surface area contributed by atoms with Crippen LogP contribution >= 0.6 is 0 Å². The van der Waals surface area contributed by atoms with Crippen molar-refractivity contribution in [3.8, 4) is 0 Å². The number of carbonyl (C=O) groups is 1. The van der Waals surface area contributed by atoms with E-state index in [2.05, 4.69) is 20.6 Å². The van der Waals surface area contributed by atoms with E-state index in [0.717, 1.165) is 5.56 Å². The van der Waals surface area contributed by atoms with Gasteiger partial charge in [0.05, 0.1) is 0 Å². The molecule has 0 bridgehead atoms. The fourth-order valence-corrected chi connectivity index (χ4v) is 1.14. The monoisotopic (exact) mass is 238 g/mol. The van der Waals surface area contributed by atoms with E-state index in [1.807, 2.05) is 6.92 Å². The number of hydrogen-bond acceptors (Lipinski definition) is 5. The maximum Gasteiger partial charge on any atom is 0.316 e. The zero-order valence-corrected chi connectivity index (χ0v) is 10.3. The van der Waals surface area contributed by atoms with Gasteiger partial charge in [-0.3, -0.25) is 0 Å². The highest BCUT2D eigenvalue weighted by molar-refractivity contribution is 5.73. The lowest BCUT2D eigenvalue weighted by atomic mass is 10.3. The number of aryl methyl sites for hydroxylation is 1. The minimum Gasteiger partial charge on any atom is -0.368 e. The number of nitrogen functional groups attached to an aromatic ring is 1. The number of nitrogens with zero attached hydrogens (tertiary/aromatic N) is 3. The number of nitrogens with one attached hydrogen (secondary N) is 2. The van der Waals surface area contributed by atoms with Crippen LogP contribution in [-0.4, -0.2) is 48.1 Å². The summed E-state index contributed by atoms with van der Waals surface area (Å²) in [6, 6.07) is -0.120. The molecule has 0 radical (unpaired) electrons. The standard InChI is InChI=1S/C10H18N6O/c1-7-6-14-9(11)15-8(7)12-4-5-13-10(17)16(2)3/h6H,4-5H2,1-3H3,(H,13,17)(H3,11,12,14,15). The van der Waals surface area contributed by atoms with Crippen LogP contribution in [0.3, 0.4) is 0 Å². The van der Waals surface area contributed by atoms with Crippen LogP contribution < -0.4 is 16.4 Å². The zero-order valence-electron chi connectivity index (χ0n) is 10.3. The molecule has 17 heavy (non-hydrogen) atoms. The number of aromatic nitrogens is 2. The third-order valence-electron chi connectivity index (χ3n) is 2.09. The molecule has 1 aromatic heterocycles. The first-order chi connectivity index (χ1) is 8.00. The quantitative estimate of drug-likeness (QED) is 0.644. The highest BCUT2D eigenvalue weighted by Gasteiger charge is 2.03. The fourth-order valence-electron chi connectivity index (χ4n) is 1.14. The number of hydrogen-bond donors (Lipinski definition) is 3. The number of nitrogens with two attached hydrogens (primary N) is 1. The molecular formula is C10H18N6O. The van der Waals surface area contributed by atoms with Crippen LogP contribution in [0.4, 0.5) is 16.6 Å². The van der Waals surface area contributed by atoms with Gasteiger partial charge < -0.3 is 21.3 Å². The highest BCUT2D eigenvalue weighted by atomic mass is 16.2. The summed E-state index contributed by atoms with van der Waals surface area (Å²) >= 11 is 0. The molecule has 0 saturated carbocycles. The third kappa shape index (κ3) is 4.13. The van der Waals surface area contributed by atoms with Crippen molar-refractivity contribution in [1.29, 1.82) is 0 Å². The molecule has 0 unspecified atom stereocenters. The molecule has 0 aliphatic carbocycles. The molecule has 1 rings (SSSR count). The Balaban J connectivity index is 2.36. The molecule has 0 aliphatic heterocycles. The SMILES string of the molecule is Cc1cnc(N)nc1NCCNC(=O)N(C)C. The molecule has 1 heterocycles. The van der Waals surface area contributed by atoms with E-state index in [4.69, 9.17) is 5.73 Å². The van der Waals surface area contributed by atoms with E-state index in [-0.39, 0.29) is 12.0 Å². The predicted octanol–water partition coefficient (Wildman–Crippen LogP) is 0.0503. The zero-order chi connectivity index (χ0) is 12.8. The van der Waals surface area contributed by atoms with Crippen LogP contribution in [0.2, 0.25) is 0 Å². The maximum absolute atomic E-state index is 11.2. The summed E-state index contributed by atoms with van der Waals surface area (Å²) in [4.78, 5) is 20.6. The molecule has 4 N–H and O–H groups in total. The van der Waals surface area contributed by atoms with Gasteiger partial charge in [0.2, 0.25) is 5.95 Å². The van der Waals surface area contributed by atoms with Gasteiger partial charge in [0.15, 0.2) is 0 Å². The lowest BCUT2D eigenvalue weighted by Gasteiger charge is -2.13. The Morgan fingerprint density at radius 2 is 2.18 bits per heavy atom. The van der Waals surface area contributed by atoms with Crippen molar-refractivity contribution >= 4 is 17.8 Å². The number of amides is 2. The molecule has 0 atom stereocenters. The maximum atomic E-state index is 11.2. The van der Waals surface area contributed by atoms with Crippen molar-refractivity contribution in [2.45, 2.75) is 6.92 Å². The number of rotatable bonds is 4. The lowest BCUT2D eigenvalue weighted by Crippen LogP contribution is -2.37. The molecule has 1 aromatic rings. The smallest absolute Gasteiger partial charge is 0.316 e. The summed E-state index contributed by atoms with van der Waals surface area (Å²) < 4.78 is 0. The van der Waals surface area contributed by atoms with Crippen molar-refractivity contribution in [2.24, 2.45) is 0 Å². The van der Waals surface area contributed by atoms with Crippen LogP contribution in [0, 0.1) is 6.92 Å². The average Bonchev–Trinajstić information content (AvgIpc) is 2.28. The topological polar surface area (TPSA) is 96.2 Å². The van der Waals surface area contributed by atoms with E-state index in [1.165, 1.54) is 4.90 Å². The first-order valence-electron chi connectivity index (χ1n) is 5.29. The molecule has 2 amide bonds. The van der Waals surface area contributed by atoms with Gasteiger partial charge in [-0.1, -0.05) is 0 Å². The van der Waals surface area contributed by atoms with Crippen LogP contribution in [0.1, 0.15) is 5.56 Å². The summed E-state index contributed by atoms with van der Waals surface area (Å²) in [7, 11) is 3.38. The van der Waals surface area contributed by atoms with Crippen LogP contribution in [-0.2, 0) is 0 Å².